The maximum absolute atomic E-state index is 11.9. The number of ether oxygens (including phenoxy) is 1. The maximum Gasteiger partial charge on any atom is 0.224 e. The molecule has 0 atom stereocenters. The predicted octanol–water partition coefficient (Wildman–Crippen LogP) is 2.44. The lowest BCUT2D eigenvalue weighted by Crippen LogP contribution is -2.41. The van der Waals surface area contributed by atoms with E-state index in [1.165, 1.54) is 0 Å². The maximum atomic E-state index is 11.9. The summed E-state index contributed by atoms with van der Waals surface area (Å²) in [5, 5.41) is 3.97. The van der Waals surface area contributed by atoms with Crippen molar-refractivity contribution in [1.82, 2.24) is 10.2 Å². The number of carbonyl (C=O) groups excluding carboxylic acids is 1. The first-order valence-electron chi connectivity index (χ1n) is 6.67. The van der Waals surface area contributed by atoms with Gasteiger partial charge < -0.3 is 15.0 Å². The summed E-state index contributed by atoms with van der Waals surface area (Å²) in [7, 11) is 0. The molecule has 1 aliphatic heterocycles. The van der Waals surface area contributed by atoms with Crippen molar-refractivity contribution in [1.29, 1.82) is 0 Å². The number of nitrogens with one attached hydrogen (secondary N) is 1. The van der Waals surface area contributed by atoms with Crippen molar-refractivity contribution in [2.24, 2.45) is 0 Å². The standard InChI is InChI=1S/C14H18BrClN2O2/c15-12-2-1-11(9-13(12)16)10-17-4-3-14(19)18-5-7-20-8-6-18/h1-2,9,17H,3-8,10H2. The first-order chi connectivity index (χ1) is 9.66. The number of hydrogen-bond acceptors (Lipinski definition) is 3. The topological polar surface area (TPSA) is 41.6 Å². The Morgan fingerprint density at radius 3 is 2.85 bits per heavy atom. The number of amides is 1. The van der Waals surface area contributed by atoms with Gasteiger partial charge in [-0.3, -0.25) is 4.79 Å². The Balaban J connectivity index is 1.68. The second-order valence-electron chi connectivity index (χ2n) is 4.67. The number of carbonyl (C=O) groups is 1. The summed E-state index contributed by atoms with van der Waals surface area (Å²) in [6.07, 6.45) is 0.518. The number of morpholine rings is 1. The molecule has 1 aromatic carbocycles. The molecule has 0 bridgehead atoms. The molecule has 1 heterocycles. The molecule has 0 aromatic heterocycles. The van der Waals surface area contributed by atoms with Crippen LogP contribution in [0, 0.1) is 0 Å². The highest BCUT2D eigenvalue weighted by Crippen LogP contribution is 2.22. The lowest BCUT2D eigenvalue weighted by molar-refractivity contribution is -0.135. The van der Waals surface area contributed by atoms with Crippen molar-refractivity contribution in [3.05, 3.63) is 33.3 Å². The minimum atomic E-state index is 0.189. The summed E-state index contributed by atoms with van der Waals surface area (Å²) in [4.78, 5) is 13.8. The normalized spacial score (nSPS) is 15.4. The molecule has 1 amide bonds. The van der Waals surface area contributed by atoms with E-state index in [9.17, 15) is 4.79 Å². The monoisotopic (exact) mass is 360 g/mol. The number of benzene rings is 1. The summed E-state index contributed by atoms with van der Waals surface area (Å²) in [6.45, 7) is 4.10. The molecular weight excluding hydrogens is 344 g/mol. The van der Waals surface area contributed by atoms with Crippen LogP contribution in [0.15, 0.2) is 22.7 Å². The molecular formula is C14H18BrClN2O2. The molecule has 1 aromatic rings. The predicted molar refractivity (Wildman–Crippen MR) is 82.9 cm³/mol. The third kappa shape index (κ3) is 4.74. The van der Waals surface area contributed by atoms with Gasteiger partial charge in [0.15, 0.2) is 0 Å². The van der Waals surface area contributed by atoms with Gasteiger partial charge in [-0.15, -0.1) is 0 Å². The first kappa shape index (κ1) is 15.8. The Labute approximate surface area is 132 Å². The van der Waals surface area contributed by atoms with Crippen LogP contribution < -0.4 is 5.32 Å². The molecule has 0 unspecified atom stereocenters. The highest BCUT2D eigenvalue weighted by molar-refractivity contribution is 9.10. The van der Waals surface area contributed by atoms with E-state index >= 15 is 0 Å². The Morgan fingerprint density at radius 1 is 1.40 bits per heavy atom. The average Bonchev–Trinajstić information content (AvgIpc) is 2.48. The van der Waals surface area contributed by atoms with Gasteiger partial charge in [0.2, 0.25) is 5.91 Å². The lowest BCUT2D eigenvalue weighted by Gasteiger charge is -2.26. The van der Waals surface area contributed by atoms with E-state index in [1.807, 2.05) is 23.1 Å². The van der Waals surface area contributed by atoms with Gasteiger partial charge in [0, 0.05) is 37.1 Å². The Morgan fingerprint density at radius 2 is 2.15 bits per heavy atom. The van der Waals surface area contributed by atoms with E-state index in [1.54, 1.807) is 0 Å². The number of rotatable bonds is 5. The van der Waals surface area contributed by atoms with Crippen molar-refractivity contribution in [2.75, 3.05) is 32.8 Å². The van der Waals surface area contributed by atoms with Crippen LogP contribution in [0.25, 0.3) is 0 Å². The highest BCUT2D eigenvalue weighted by atomic mass is 79.9. The van der Waals surface area contributed by atoms with Gasteiger partial charge in [-0.05, 0) is 33.6 Å². The average molecular weight is 362 g/mol. The van der Waals surface area contributed by atoms with Crippen molar-refractivity contribution in [2.45, 2.75) is 13.0 Å². The molecule has 6 heteroatoms. The van der Waals surface area contributed by atoms with Crippen LogP contribution >= 0.6 is 27.5 Å². The summed E-state index contributed by atoms with van der Waals surface area (Å²) in [6, 6.07) is 5.85. The number of halogens is 2. The molecule has 0 saturated carbocycles. The van der Waals surface area contributed by atoms with Crippen molar-refractivity contribution >= 4 is 33.4 Å². The van der Waals surface area contributed by atoms with E-state index in [0.29, 0.717) is 50.8 Å². The van der Waals surface area contributed by atoms with Gasteiger partial charge in [-0.1, -0.05) is 17.7 Å². The fourth-order valence-corrected chi connectivity index (χ4v) is 2.50. The van der Waals surface area contributed by atoms with Gasteiger partial charge in [0.05, 0.1) is 18.2 Å². The quantitative estimate of drug-likeness (QED) is 0.819. The summed E-state index contributed by atoms with van der Waals surface area (Å²) in [5.74, 6) is 0.189. The Kier molecular flexibility index (Phi) is 6.29. The zero-order valence-electron chi connectivity index (χ0n) is 11.2. The smallest absolute Gasteiger partial charge is 0.224 e. The van der Waals surface area contributed by atoms with Crippen LogP contribution in [0.3, 0.4) is 0 Å². The Bertz CT molecular complexity index is 464. The summed E-state index contributed by atoms with van der Waals surface area (Å²) >= 11 is 9.39. The van der Waals surface area contributed by atoms with Crippen LogP contribution in [0.4, 0.5) is 0 Å². The van der Waals surface area contributed by atoms with Gasteiger partial charge in [-0.2, -0.15) is 0 Å². The van der Waals surface area contributed by atoms with E-state index in [-0.39, 0.29) is 5.91 Å². The van der Waals surface area contributed by atoms with Crippen LogP contribution in [-0.2, 0) is 16.1 Å². The van der Waals surface area contributed by atoms with Crippen LogP contribution in [0.1, 0.15) is 12.0 Å². The molecule has 1 fully saturated rings. The molecule has 20 heavy (non-hydrogen) atoms. The summed E-state index contributed by atoms with van der Waals surface area (Å²) < 4.78 is 6.12. The minimum Gasteiger partial charge on any atom is -0.378 e. The van der Waals surface area contributed by atoms with E-state index < -0.39 is 0 Å². The van der Waals surface area contributed by atoms with Gasteiger partial charge in [0.25, 0.3) is 0 Å². The molecule has 0 aliphatic carbocycles. The van der Waals surface area contributed by atoms with Gasteiger partial charge >= 0.3 is 0 Å². The SMILES string of the molecule is O=C(CCNCc1ccc(Br)c(Cl)c1)N1CCOCC1. The molecule has 2 rings (SSSR count). The fourth-order valence-electron chi connectivity index (χ4n) is 2.05. The van der Waals surface area contributed by atoms with Crippen LogP contribution in [0.5, 0.6) is 0 Å². The zero-order valence-corrected chi connectivity index (χ0v) is 13.5. The minimum absolute atomic E-state index is 0.189. The van der Waals surface area contributed by atoms with Crippen molar-refractivity contribution in [3.63, 3.8) is 0 Å². The molecule has 0 spiro atoms. The zero-order chi connectivity index (χ0) is 14.4. The van der Waals surface area contributed by atoms with Crippen molar-refractivity contribution in [3.8, 4) is 0 Å². The third-order valence-electron chi connectivity index (χ3n) is 3.19. The molecule has 1 saturated heterocycles. The van der Waals surface area contributed by atoms with Crippen LogP contribution in [-0.4, -0.2) is 43.7 Å². The third-order valence-corrected chi connectivity index (χ3v) is 4.43. The molecule has 4 nitrogen and oxygen atoms in total. The van der Waals surface area contributed by atoms with Gasteiger partial charge in [0.1, 0.15) is 0 Å². The molecule has 1 N–H and O–H groups in total. The largest absolute Gasteiger partial charge is 0.378 e. The molecule has 0 radical (unpaired) electrons. The van der Waals surface area contributed by atoms with E-state index in [0.717, 1.165) is 10.0 Å². The molecule has 1 aliphatic rings. The second kappa shape index (κ2) is 7.98. The highest BCUT2D eigenvalue weighted by Gasteiger charge is 2.15. The number of nitrogens with zero attached hydrogens (tertiary/aromatic N) is 1. The first-order valence-corrected chi connectivity index (χ1v) is 7.84. The van der Waals surface area contributed by atoms with Gasteiger partial charge in [-0.25, -0.2) is 0 Å². The van der Waals surface area contributed by atoms with Crippen molar-refractivity contribution < 1.29 is 9.53 Å². The van der Waals surface area contributed by atoms with E-state index in [4.69, 9.17) is 16.3 Å². The van der Waals surface area contributed by atoms with Crippen LogP contribution in [0.2, 0.25) is 5.02 Å². The van der Waals surface area contributed by atoms with E-state index in [2.05, 4.69) is 21.2 Å². The fraction of sp³-hybridized carbons (Fsp3) is 0.500. The summed E-state index contributed by atoms with van der Waals surface area (Å²) in [5.41, 5.74) is 1.11. The molecule has 110 valence electrons. The second-order valence-corrected chi connectivity index (χ2v) is 5.93. The number of hydrogen-bond donors (Lipinski definition) is 1. The lowest BCUT2D eigenvalue weighted by atomic mass is 10.2. The Hall–Kier alpha value is -0.620.